The molecule has 0 saturated carbocycles. The Labute approximate surface area is 290 Å². The number of allylic oxidation sites excluding steroid dienone is 3. The molecule has 0 spiro atoms. The van der Waals surface area contributed by atoms with E-state index in [-0.39, 0.29) is 19.1 Å². The van der Waals surface area contributed by atoms with Gasteiger partial charge in [-0.2, -0.15) is 0 Å². The first-order valence-corrected chi connectivity index (χ1v) is 20.7. The van der Waals surface area contributed by atoms with Crippen molar-refractivity contribution in [2.24, 2.45) is 0 Å². The zero-order chi connectivity index (χ0) is 35.1. The molecule has 0 saturated heterocycles. The van der Waals surface area contributed by atoms with Crippen LogP contribution in [0.5, 0.6) is 0 Å². The molecular formula is C38H75N2O6P. The highest BCUT2D eigenvalue weighted by Crippen LogP contribution is 2.38. The summed E-state index contributed by atoms with van der Waals surface area (Å²) in [7, 11) is 1.25. The molecule has 0 bridgehead atoms. The van der Waals surface area contributed by atoms with E-state index >= 15 is 0 Å². The van der Waals surface area contributed by atoms with Crippen LogP contribution in [0.4, 0.5) is 0 Å². The van der Waals surface area contributed by atoms with Crippen molar-refractivity contribution in [3.8, 4) is 0 Å². The zero-order valence-corrected chi connectivity index (χ0v) is 32.1. The first-order chi connectivity index (χ1) is 22.5. The third kappa shape index (κ3) is 33.3. The van der Waals surface area contributed by atoms with Crippen LogP contribution < -0.4 is 10.2 Å². The van der Waals surface area contributed by atoms with Crippen LogP contribution in [0.15, 0.2) is 24.3 Å². The van der Waals surface area contributed by atoms with E-state index in [0.29, 0.717) is 17.4 Å². The van der Waals surface area contributed by atoms with Gasteiger partial charge in [-0.15, -0.1) is 0 Å². The number of hydrogen-bond donors (Lipinski definition) is 2. The Bertz CT molecular complexity index is 829. The van der Waals surface area contributed by atoms with Gasteiger partial charge in [-0.25, -0.2) is 0 Å². The Hall–Kier alpha value is -1.02. The second-order valence-corrected chi connectivity index (χ2v) is 15.7. The maximum absolute atomic E-state index is 12.7. The third-order valence-electron chi connectivity index (χ3n) is 8.41. The molecule has 3 unspecified atom stereocenters. The van der Waals surface area contributed by atoms with Crippen molar-refractivity contribution in [2.75, 3.05) is 40.9 Å². The topological polar surface area (TPSA) is 108 Å². The number of likely N-dealkylation sites (N-methyl/N-ethyl adjacent to an activating group) is 1. The summed E-state index contributed by atoms with van der Waals surface area (Å²) in [5.74, 6) is -0.214. The minimum atomic E-state index is -4.58. The van der Waals surface area contributed by atoms with Gasteiger partial charge in [-0.3, -0.25) is 9.36 Å². The van der Waals surface area contributed by atoms with Gasteiger partial charge >= 0.3 is 0 Å². The Balaban J connectivity index is 4.54. The molecule has 0 aromatic rings. The number of aliphatic hydroxyl groups is 1. The highest BCUT2D eigenvalue weighted by molar-refractivity contribution is 7.45. The van der Waals surface area contributed by atoms with Gasteiger partial charge in [0.15, 0.2) is 0 Å². The fraction of sp³-hybridized carbons (Fsp3) is 0.868. The first kappa shape index (κ1) is 46.0. The smallest absolute Gasteiger partial charge is 0.268 e. The standard InChI is InChI=1S/C38H75N2O6P/c1-6-8-10-12-14-16-18-19-20-21-22-23-25-27-29-31-37(41)36(35-46-47(43,44)45-34-33-40(3,4)5)39-38(42)32-30-28-26-24-17-15-13-11-9-7-2/h13,15,29,31,36-37,41H,6-12,14,16-28,30,32-35H2,1-5H3,(H-,39,42,43,44)/b15-13-,31-29+. The molecule has 0 fully saturated rings. The van der Waals surface area contributed by atoms with Crippen LogP contribution in [-0.4, -0.2) is 68.5 Å². The number of hydrogen-bond acceptors (Lipinski definition) is 6. The van der Waals surface area contributed by atoms with Crippen LogP contribution in [0.1, 0.15) is 162 Å². The van der Waals surface area contributed by atoms with E-state index in [4.69, 9.17) is 9.05 Å². The summed E-state index contributed by atoms with van der Waals surface area (Å²) in [4.78, 5) is 25.1. The lowest BCUT2D eigenvalue weighted by molar-refractivity contribution is -0.870. The number of quaternary nitrogens is 1. The molecule has 3 atom stereocenters. The number of amides is 1. The Morgan fingerprint density at radius 2 is 1.19 bits per heavy atom. The van der Waals surface area contributed by atoms with E-state index in [1.807, 2.05) is 27.2 Å². The Morgan fingerprint density at radius 1 is 0.723 bits per heavy atom. The molecular weight excluding hydrogens is 611 g/mol. The Kier molecular flexibility index (Phi) is 30.3. The lowest BCUT2D eigenvalue weighted by atomic mass is 10.0. The normalized spacial score (nSPS) is 15.0. The number of phosphoric ester groups is 1. The fourth-order valence-corrected chi connectivity index (χ4v) is 5.97. The zero-order valence-electron chi connectivity index (χ0n) is 31.2. The number of nitrogens with zero attached hydrogens (tertiary/aromatic N) is 1. The second kappa shape index (κ2) is 31.0. The largest absolute Gasteiger partial charge is 0.756 e. The molecule has 8 nitrogen and oxygen atoms in total. The van der Waals surface area contributed by atoms with Crippen molar-refractivity contribution in [3.05, 3.63) is 24.3 Å². The van der Waals surface area contributed by atoms with Gasteiger partial charge in [0, 0.05) is 6.42 Å². The highest BCUT2D eigenvalue weighted by Gasteiger charge is 2.23. The van der Waals surface area contributed by atoms with Crippen LogP contribution in [0.2, 0.25) is 0 Å². The van der Waals surface area contributed by atoms with E-state index in [1.54, 1.807) is 6.08 Å². The minimum absolute atomic E-state index is 0.00256. The molecule has 9 heteroatoms. The Morgan fingerprint density at radius 3 is 1.72 bits per heavy atom. The van der Waals surface area contributed by atoms with Gasteiger partial charge in [-0.1, -0.05) is 141 Å². The molecule has 1 amide bonds. The van der Waals surface area contributed by atoms with E-state index in [9.17, 15) is 19.4 Å². The maximum Gasteiger partial charge on any atom is 0.268 e. The van der Waals surface area contributed by atoms with Crippen LogP contribution in [-0.2, 0) is 18.4 Å². The van der Waals surface area contributed by atoms with Crippen LogP contribution >= 0.6 is 7.82 Å². The van der Waals surface area contributed by atoms with Crippen molar-refractivity contribution < 1.29 is 32.9 Å². The maximum atomic E-state index is 12.7. The van der Waals surface area contributed by atoms with Crippen LogP contribution in [0.3, 0.4) is 0 Å². The third-order valence-corrected chi connectivity index (χ3v) is 9.37. The van der Waals surface area contributed by atoms with Crippen molar-refractivity contribution in [3.63, 3.8) is 0 Å². The average molecular weight is 687 g/mol. The summed E-state index contributed by atoms with van der Waals surface area (Å²) in [5.41, 5.74) is 0. The molecule has 0 aliphatic rings. The number of phosphoric acid groups is 1. The molecule has 0 aliphatic heterocycles. The van der Waals surface area contributed by atoms with Gasteiger partial charge in [0.25, 0.3) is 7.82 Å². The molecule has 2 N–H and O–H groups in total. The molecule has 278 valence electrons. The monoisotopic (exact) mass is 687 g/mol. The second-order valence-electron chi connectivity index (χ2n) is 14.3. The lowest BCUT2D eigenvalue weighted by Gasteiger charge is -2.29. The number of carbonyl (C=O) groups excluding carboxylic acids is 1. The van der Waals surface area contributed by atoms with Gasteiger partial charge in [0.05, 0.1) is 39.9 Å². The summed E-state index contributed by atoms with van der Waals surface area (Å²) >= 11 is 0. The molecule has 0 heterocycles. The predicted molar refractivity (Wildman–Crippen MR) is 196 cm³/mol. The summed E-state index contributed by atoms with van der Waals surface area (Å²) in [5, 5.41) is 13.7. The molecule has 0 aliphatic carbocycles. The summed E-state index contributed by atoms with van der Waals surface area (Å²) in [6, 6.07) is -0.886. The van der Waals surface area contributed by atoms with E-state index in [1.165, 1.54) is 83.5 Å². The van der Waals surface area contributed by atoms with Crippen LogP contribution in [0.25, 0.3) is 0 Å². The van der Waals surface area contributed by atoms with E-state index in [0.717, 1.165) is 57.8 Å². The summed E-state index contributed by atoms with van der Waals surface area (Å²) in [6.07, 6.45) is 33.6. The quantitative estimate of drug-likeness (QED) is 0.0303. The number of unbranched alkanes of at least 4 members (excludes halogenated alkanes) is 19. The predicted octanol–water partition coefficient (Wildman–Crippen LogP) is 9.16. The van der Waals surface area contributed by atoms with Crippen molar-refractivity contribution in [1.82, 2.24) is 5.32 Å². The number of rotatable bonds is 34. The molecule has 0 radical (unpaired) electrons. The minimum Gasteiger partial charge on any atom is -0.756 e. The van der Waals surface area contributed by atoms with Crippen LogP contribution in [0, 0.1) is 0 Å². The van der Waals surface area contributed by atoms with Gasteiger partial charge in [0.1, 0.15) is 13.2 Å². The highest BCUT2D eigenvalue weighted by atomic mass is 31.2. The van der Waals surface area contributed by atoms with Crippen molar-refractivity contribution in [1.29, 1.82) is 0 Å². The molecule has 0 aromatic carbocycles. The number of aliphatic hydroxyl groups excluding tert-OH is 1. The van der Waals surface area contributed by atoms with Crippen molar-refractivity contribution >= 4 is 13.7 Å². The van der Waals surface area contributed by atoms with Gasteiger partial charge in [0.2, 0.25) is 5.91 Å². The molecule has 0 aromatic heterocycles. The lowest BCUT2D eigenvalue weighted by Crippen LogP contribution is -2.45. The molecule has 47 heavy (non-hydrogen) atoms. The van der Waals surface area contributed by atoms with Crippen molar-refractivity contribution in [2.45, 2.75) is 174 Å². The average Bonchev–Trinajstić information content (AvgIpc) is 3.01. The fourth-order valence-electron chi connectivity index (χ4n) is 5.25. The summed E-state index contributed by atoms with van der Waals surface area (Å²) < 4.78 is 23.1. The van der Waals surface area contributed by atoms with Gasteiger partial charge < -0.3 is 28.8 Å². The van der Waals surface area contributed by atoms with E-state index in [2.05, 4.69) is 31.3 Å². The number of nitrogens with one attached hydrogen (secondary N) is 1. The number of carbonyl (C=O) groups is 1. The molecule has 0 rings (SSSR count). The van der Waals surface area contributed by atoms with E-state index < -0.39 is 20.0 Å². The first-order valence-electron chi connectivity index (χ1n) is 19.2. The van der Waals surface area contributed by atoms with Gasteiger partial charge in [-0.05, 0) is 38.5 Å². The summed E-state index contributed by atoms with van der Waals surface area (Å²) in [6.45, 7) is 4.57. The SMILES string of the molecule is CCCC/C=C\CCCCCCC(=O)NC(COP(=O)([O-])OCC[N+](C)(C)C)C(O)/C=C/CCCCCCCCCCCCCCC.